The van der Waals surface area contributed by atoms with Gasteiger partial charge in [-0.15, -0.1) is 0 Å². The standard InChI is InChI=1S/C18H11BrCl2N2O3/c19-11-1-4-15(24)10(7-11)9-22-23-18(25)17-6-5-16(26-17)13-3-2-12(20)8-14(13)21/h1-9,24H,(H,23,25)/b22-9+. The predicted octanol–water partition coefficient (Wildman–Crippen LogP) is 5.49. The largest absolute Gasteiger partial charge is 0.507 e. The average molecular weight is 454 g/mol. The first-order chi connectivity index (χ1) is 12.4. The molecule has 0 unspecified atom stereocenters. The van der Waals surface area contributed by atoms with Gasteiger partial charge in [0.2, 0.25) is 0 Å². The van der Waals surface area contributed by atoms with Crippen LogP contribution < -0.4 is 5.43 Å². The molecule has 0 atom stereocenters. The molecule has 1 aromatic heterocycles. The number of carbonyl (C=O) groups excluding carboxylic acids is 1. The van der Waals surface area contributed by atoms with Crippen LogP contribution in [0.15, 0.2) is 62.5 Å². The van der Waals surface area contributed by atoms with Gasteiger partial charge in [0.1, 0.15) is 11.5 Å². The molecule has 0 bridgehead atoms. The van der Waals surface area contributed by atoms with E-state index >= 15 is 0 Å². The molecule has 2 aromatic carbocycles. The number of hydrogen-bond donors (Lipinski definition) is 2. The Bertz CT molecular complexity index is 1000. The lowest BCUT2D eigenvalue weighted by Crippen LogP contribution is -2.16. The lowest BCUT2D eigenvalue weighted by molar-refractivity contribution is 0.0928. The minimum atomic E-state index is -0.535. The number of benzene rings is 2. The van der Waals surface area contributed by atoms with E-state index in [-0.39, 0.29) is 11.5 Å². The molecule has 0 saturated carbocycles. The number of aromatic hydroxyl groups is 1. The summed E-state index contributed by atoms with van der Waals surface area (Å²) in [6, 6.07) is 13.0. The van der Waals surface area contributed by atoms with Crippen molar-refractivity contribution in [2.45, 2.75) is 0 Å². The van der Waals surface area contributed by atoms with Crippen molar-refractivity contribution in [2.75, 3.05) is 0 Å². The van der Waals surface area contributed by atoms with Gasteiger partial charge in [0.15, 0.2) is 5.76 Å². The molecule has 8 heteroatoms. The van der Waals surface area contributed by atoms with Crippen LogP contribution in [0, 0.1) is 0 Å². The summed E-state index contributed by atoms with van der Waals surface area (Å²) < 4.78 is 6.30. The third-order valence-corrected chi connectivity index (χ3v) is 4.43. The van der Waals surface area contributed by atoms with Crippen molar-refractivity contribution in [3.05, 3.63) is 74.4 Å². The number of amides is 1. The first-order valence-corrected chi connectivity index (χ1v) is 8.86. The number of hydrazone groups is 1. The third-order valence-electron chi connectivity index (χ3n) is 3.39. The molecule has 3 aromatic rings. The van der Waals surface area contributed by atoms with Gasteiger partial charge in [0.25, 0.3) is 0 Å². The molecule has 132 valence electrons. The van der Waals surface area contributed by atoms with Gasteiger partial charge in [0, 0.05) is 20.6 Å². The summed E-state index contributed by atoms with van der Waals surface area (Å²) in [6.45, 7) is 0. The van der Waals surface area contributed by atoms with Crippen LogP contribution in [0.25, 0.3) is 11.3 Å². The van der Waals surface area contributed by atoms with Crippen molar-refractivity contribution in [1.82, 2.24) is 5.43 Å². The Balaban J connectivity index is 1.72. The van der Waals surface area contributed by atoms with Crippen LogP contribution in [0.1, 0.15) is 16.1 Å². The van der Waals surface area contributed by atoms with Crippen LogP contribution in [0.5, 0.6) is 5.75 Å². The van der Waals surface area contributed by atoms with Crippen LogP contribution in [-0.4, -0.2) is 17.2 Å². The molecule has 0 aliphatic carbocycles. The van der Waals surface area contributed by atoms with Crippen LogP contribution in [0.2, 0.25) is 10.0 Å². The van der Waals surface area contributed by atoms with Crippen LogP contribution >= 0.6 is 39.1 Å². The highest BCUT2D eigenvalue weighted by Gasteiger charge is 2.13. The van der Waals surface area contributed by atoms with Crippen molar-refractivity contribution < 1.29 is 14.3 Å². The quantitative estimate of drug-likeness (QED) is 0.405. The van der Waals surface area contributed by atoms with Gasteiger partial charge in [0.05, 0.1) is 11.2 Å². The molecular formula is C18H11BrCl2N2O3. The van der Waals surface area contributed by atoms with Crippen LogP contribution in [0.4, 0.5) is 0 Å². The van der Waals surface area contributed by atoms with Crippen molar-refractivity contribution >= 4 is 51.3 Å². The second-order valence-electron chi connectivity index (χ2n) is 5.19. The zero-order chi connectivity index (χ0) is 18.7. The molecule has 0 fully saturated rings. The number of carbonyl (C=O) groups is 1. The Morgan fingerprint density at radius 2 is 1.96 bits per heavy atom. The average Bonchev–Trinajstić information content (AvgIpc) is 3.07. The molecule has 0 aliphatic rings. The zero-order valence-corrected chi connectivity index (χ0v) is 16.1. The summed E-state index contributed by atoms with van der Waals surface area (Å²) >= 11 is 15.3. The lowest BCUT2D eigenvalue weighted by atomic mass is 10.2. The molecule has 0 aliphatic heterocycles. The first kappa shape index (κ1) is 18.5. The van der Waals surface area contributed by atoms with Gasteiger partial charge < -0.3 is 9.52 Å². The fourth-order valence-electron chi connectivity index (χ4n) is 2.14. The molecule has 0 saturated heterocycles. The number of hydrogen-bond acceptors (Lipinski definition) is 4. The summed E-state index contributed by atoms with van der Waals surface area (Å²) in [5, 5.41) is 14.5. The number of rotatable bonds is 4. The van der Waals surface area contributed by atoms with E-state index in [1.54, 1.807) is 36.4 Å². The molecule has 3 rings (SSSR count). The maximum absolute atomic E-state index is 12.1. The molecule has 5 nitrogen and oxygen atoms in total. The second-order valence-corrected chi connectivity index (χ2v) is 6.95. The highest BCUT2D eigenvalue weighted by atomic mass is 79.9. The summed E-state index contributed by atoms with van der Waals surface area (Å²) in [4.78, 5) is 12.1. The fourth-order valence-corrected chi connectivity index (χ4v) is 3.02. The summed E-state index contributed by atoms with van der Waals surface area (Å²) in [5.41, 5.74) is 3.41. The minimum absolute atomic E-state index is 0.0452. The zero-order valence-electron chi connectivity index (χ0n) is 13.0. The smallest absolute Gasteiger partial charge is 0.307 e. The van der Waals surface area contributed by atoms with E-state index in [1.165, 1.54) is 18.3 Å². The predicted molar refractivity (Wildman–Crippen MR) is 105 cm³/mol. The van der Waals surface area contributed by atoms with E-state index in [1.807, 2.05) is 0 Å². The summed E-state index contributed by atoms with van der Waals surface area (Å²) in [5.74, 6) is 0.0167. The molecule has 1 amide bonds. The molecule has 0 radical (unpaired) electrons. The van der Waals surface area contributed by atoms with Gasteiger partial charge >= 0.3 is 5.91 Å². The Morgan fingerprint density at radius 1 is 1.15 bits per heavy atom. The monoisotopic (exact) mass is 452 g/mol. The van der Waals surface area contributed by atoms with Crippen molar-refractivity contribution in [1.29, 1.82) is 0 Å². The second kappa shape index (κ2) is 7.95. The van der Waals surface area contributed by atoms with Gasteiger partial charge in [-0.3, -0.25) is 4.79 Å². The summed E-state index contributed by atoms with van der Waals surface area (Å²) in [6.07, 6.45) is 1.33. The number of phenols is 1. The Hall–Kier alpha value is -2.28. The first-order valence-electron chi connectivity index (χ1n) is 7.31. The Labute approximate surface area is 167 Å². The van der Waals surface area contributed by atoms with Gasteiger partial charge in [-0.2, -0.15) is 5.10 Å². The number of nitrogens with zero attached hydrogens (tertiary/aromatic N) is 1. The molecule has 1 heterocycles. The van der Waals surface area contributed by atoms with Crippen LogP contribution in [-0.2, 0) is 0 Å². The molecule has 2 N–H and O–H groups in total. The van der Waals surface area contributed by atoms with E-state index in [2.05, 4.69) is 26.5 Å². The fraction of sp³-hybridized carbons (Fsp3) is 0. The third kappa shape index (κ3) is 4.27. The van der Waals surface area contributed by atoms with Crippen molar-refractivity contribution in [3.8, 4) is 17.1 Å². The van der Waals surface area contributed by atoms with E-state index < -0.39 is 5.91 Å². The van der Waals surface area contributed by atoms with Gasteiger partial charge in [-0.25, -0.2) is 5.43 Å². The maximum Gasteiger partial charge on any atom is 0.307 e. The maximum atomic E-state index is 12.1. The summed E-state index contributed by atoms with van der Waals surface area (Å²) in [7, 11) is 0. The highest BCUT2D eigenvalue weighted by Crippen LogP contribution is 2.31. The Morgan fingerprint density at radius 3 is 2.73 bits per heavy atom. The van der Waals surface area contributed by atoms with E-state index in [0.29, 0.717) is 26.9 Å². The number of phenolic OH excluding ortho intramolecular Hbond substituents is 1. The van der Waals surface area contributed by atoms with Gasteiger partial charge in [-0.05, 0) is 48.5 Å². The molecule has 0 spiro atoms. The van der Waals surface area contributed by atoms with E-state index in [9.17, 15) is 9.90 Å². The molecular weight excluding hydrogens is 443 g/mol. The normalized spacial score (nSPS) is 11.0. The van der Waals surface area contributed by atoms with Crippen molar-refractivity contribution in [3.63, 3.8) is 0 Å². The Kier molecular flexibility index (Phi) is 5.66. The topological polar surface area (TPSA) is 74.8 Å². The number of furan rings is 1. The van der Waals surface area contributed by atoms with Crippen LogP contribution in [0.3, 0.4) is 0 Å². The minimum Gasteiger partial charge on any atom is -0.507 e. The number of halogens is 3. The van der Waals surface area contributed by atoms with Crippen molar-refractivity contribution in [2.24, 2.45) is 5.10 Å². The van der Waals surface area contributed by atoms with E-state index in [4.69, 9.17) is 27.6 Å². The van der Waals surface area contributed by atoms with Gasteiger partial charge in [-0.1, -0.05) is 39.1 Å². The number of nitrogens with one attached hydrogen (secondary N) is 1. The lowest BCUT2D eigenvalue weighted by Gasteiger charge is -2.01. The van der Waals surface area contributed by atoms with E-state index in [0.717, 1.165) is 4.47 Å². The highest BCUT2D eigenvalue weighted by molar-refractivity contribution is 9.10. The SMILES string of the molecule is O=C(N/N=C/c1cc(Br)ccc1O)c1ccc(-c2ccc(Cl)cc2Cl)o1. The molecule has 26 heavy (non-hydrogen) atoms.